The Kier molecular flexibility index (Phi) is 1.76. The van der Waals surface area contributed by atoms with Gasteiger partial charge < -0.3 is 4.98 Å². The Morgan fingerprint density at radius 1 is 1.28 bits per heavy atom. The molecule has 1 aromatic carbocycles. The first kappa shape index (κ1) is 10.4. The number of aryl methyl sites for hydroxylation is 1. The second kappa shape index (κ2) is 3.05. The van der Waals surface area contributed by atoms with Gasteiger partial charge in [-0.25, -0.2) is 4.98 Å². The summed E-state index contributed by atoms with van der Waals surface area (Å²) in [7, 11) is 0. The van der Waals surface area contributed by atoms with Gasteiger partial charge in [-0.05, 0) is 25.3 Å². The smallest absolute Gasteiger partial charge is 0.109 e. The van der Waals surface area contributed by atoms with Gasteiger partial charge in [-0.2, -0.15) is 0 Å². The highest BCUT2D eigenvalue weighted by atomic mass is 15.0. The van der Waals surface area contributed by atoms with Crippen molar-refractivity contribution in [2.24, 2.45) is 0 Å². The van der Waals surface area contributed by atoms with Gasteiger partial charge in [-0.3, -0.25) is 0 Å². The number of fused-ring (bicyclic) bond motifs is 5. The molecule has 1 aromatic heterocycles. The number of aromatic nitrogens is 2. The summed E-state index contributed by atoms with van der Waals surface area (Å²) in [5.74, 6) is 1.61. The number of aromatic amines is 1. The van der Waals surface area contributed by atoms with Crippen molar-refractivity contribution in [3.05, 3.63) is 40.8 Å². The first-order chi connectivity index (χ1) is 8.62. The maximum Gasteiger partial charge on any atom is 0.109 e. The number of H-pyrrole nitrogens is 1. The number of imidazole rings is 1. The third-order valence-electron chi connectivity index (χ3n) is 4.44. The Bertz CT molecular complexity index is 645. The molecular formula is C16H18N2. The number of nitrogens with zero attached hydrogens (tertiary/aromatic N) is 1. The fourth-order valence-corrected chi connectivity index (χ4v) is 3.25. The molecule has 1 spiro atoms. The van der Waals surface area contributed by atoms with E-state index in [0.29, 0.717) is 5.92 Å². The largest absolute Gasteiger partial charge is 0.344 e. The topological polar surface area (TPSA) is 28.7 Å². The van der Waals surface area contributed by atoms with Crippen molar-refractivity contribution in [1.82, 2.24) is 9.97 Å². The van der Waals surface area contributed by atoms with Gasteiger partial charge in [0.2, 0.25) is 0 Å². The van der Waals surface area contributed by atoms with Gasteiger partial charge in [0.15, 0.2) is 0 Å². The lowest BCUT2D eigenvalue weighted by atomic mass is 9.95. The van der Waals surface area contributed by atoms with Crippen LogP contribution in [0, 0.1) is 6.92 Å². The van der Waals surface area contributed by atoms with Crippen LogP contribution in [0.2, 0.25) is 0 Å². The Balaban J connectivity index is 1.99. The van der Waals surface area contributed by atoms with Crippen LogP contribution in [-0.4, -0.2) is 9.97 Å². The highest BCUT2D eigenvalue weighted by Gasteiger charge is 2.54. The average Bonchev–Trinajstić information content (AvgIpc) is 2.95. The first-order valence-corrected chi connectivity index (χ1v) is 6.84. The quantitative estimate of drug-likeness (QED) is 0.802. The first-order valence-electron chi connectivity index (χ1n) is 6.84. The molecule has 0 unspecified atom stereocenters. The average molecular weight is 238 g/mol. The van der Waals surface area contributed by atoms with Crippen molar-refractivity contribution in [2.75, 3.05) is 0 Å². The molecule has 0 atom stereocenters. The molecule has 1 heterocycles. The normalized spacial score (nSPS) is 18.2. The minimum absolute atomic E-state index is 0.289. The molecule has 0 saturated heterocycles. The molecular weight excluding hydrogens is 220 g/mol. The second-order valence-electron chi connectivity index (χ2n) is 6.13. The summed E-state index contributed by atoms with van der Waals surface area (Å²) in [6, 6.07) is 6.81. The van der Waals surface area contributed by atoms with Gasteiger partial charge in [-0.15, -0.1) is 0 Å². The lowest BCUT2D eigenvalue weighted by Gasteiger charge is -2.11. The number of rotatable bonds is 1. The summed E-state index contributed by atoms with van der Waals surface area (Å²) in [6.07, 6.45) is 2.55. The zero-order chi connectivity index (χ0) is 12.5. The summed E-state index contributed by atoms with van der Waals surface area (Å²) in [5, 5.41) is 0. The molecule has 0 aliphatic heterocycles. The van der Waals surface area contributed by atoms with Gasteiger partial charge in [0, 0.05) is 16.9 Å². The Hall–Kier alpha value is -1.57. The molecule has 2 aromatic rings. The zero-order valence-electron chi connectivity index (χ0n) is 11.2. The SMILES string of the molecule is Cc1ccc2c(c1)C1(CC1)c1[nH]c(C(C)C)nc1-2. The van der Waals surface area contributed by atoms with Crippen LogP contribution in [0.25, 0.3) is 11.3 Å². The van der Waals surface area contributed by atoms with Gasteiger partial charge >= 0.3 is 0 Å². The van der Waals surface area contributed by atoms with Crippen LogP contribution in [-0.2, 0) is 5.41 Å². The Morgan fingerprint density at radius 2 is 2.06 bits per heavy atom. The number of hydrogen-bond donors (Lipinski definition) is 1. The number of benzene rings is 1. The maximum absolute atomic E-state index is 4.84. The van der Waals surface area contributed by atoms with Crippen LogP contribution in [0.15, 0.2) is 18.2 Å². The van der Waals surface area contributed by atoms with Crippen LogP contribution in [0.1, 0.15) is 55.3 Å². The van der Waals surface area contributed by atoms with Gasteiger partial charge in [0.1, 0.15) is 5.82 Å². The predicted octanol–water partition coefficient (Wildman–Crippen LogP) is 3.90. The molecule has 0 bridgehead atoms. The fraction of sp³-hybridized carbons (Fsp3) is 0.438. The van der Waals surface area contributed by atoms with Crippen LogP contribution in [0.3, 0.4) is 0 Å². The zero-order valence-corrected chi connectivity index (χ0v) is 11.2. The van der Waals surface area contributed by atoms with E-state index < -0.39 is 0 Å². The van der Waals surface area contributed by atoms with Gasteiger partial charge in [0.25, 0.3) is 0 Å². The molecule has 0 radical (unpaired) electrons. The van der Waals surface area contributed by atoms with Crippen LogP contribution < -0.4 is 0 Å². The number of hydrogen-bond acceptors (Lipinski definition) is 1. The third kappa shape index (κ3) is 1.11. The highest BCUT2D eigenvalue weighted by Crippen LogP contribution is 2.61. The molecule has 2 nitrogen and oxygen atoms in total. The third-order valence-corrected chi connectivity index (χ3v) is 4.44. The van der Waals surface area contributed by atoms with E-state index in [1.54, 1.807) is 0 Å². The minimum Gasteiger partial charge on any atom is -0.344 e. The van der Waals surface area contributed by atoms with Crippen LogP contribution in [0.4, 0.5) is 0 Å². The summed E-state index contributed by atoms with van der Waals surface area (Å²) >= 11 is 0. The monoisotopic (exact) mass is 238 g/mol. The molecule has 1 N–H and O–H groups in total. The van der Waals surface area contributed by atoms with E-state index in [4.69, 9.17) is 4.98 Å². The molecule has 92 valence electrons. The molecule has 18 heavy (non-hydrogen) atoms. The molecule has 2 heteroatoms. The predicted molar refractivity (Wildman–Crippen MR) is 72.9 cm³/mol. The van der Waals surface area contributed by atoms with E-state index in [-0.39, 0.29) is 5.41 Å². The van der Waals surface area contributed by atoms with Crippen LogP contribution in [0.5, 0.6) is 0 Å². The van der Waals surface area contributed by atoms with Crippen molar-refractivity contribution in [3.8, 4) is 11.3 Å². The lowest BCUT2D eigenvalue weighted by molar-refractivity contribution is 0.766. The molecule has 2 aliphatic carbocycles. The summed E-state index contributed by atoms with van der Waals surface area (Å²) in [4.78, 5) is 8.44. The Labute approximate surface area is 107 Å². The summed E-state index contributed by atoms with van der Waals surface area (Å²) < 4.78 is 0. The van der Waals surface area contributed by atoms with Crippen molar-refractivity contribution in [3.63, 3.8) is 0 Å². The molecule has 1 saturated carbocycles. The Morgan fingerprint density at radius 3 is 2.72 bits per heavy atom. The lowest BCUT2D eigenvalue weighted by Crippen LogP contribution is -2.06. The van der Waals surface area contributed by atoms with Crippen LogP contribution >= 0.6 is 0 Å². The second-order valence-corrected chi connectivity index (χ2v) is 6.13. The maximum atomic E-state index is 4.84. The van der Waals surface area contributed by atoms with Gasteiger partial charge in [-0.1, -0.05) is 37.6 Å². The highest BCUT2D eigenvalue weighted by molar-refractivity contribution is 5.79. The molecule has 4 rings (SSSR count). The van der Waals surface area contributed by atoms with E-state index >= 15 is 0 Å². The van der Waals surface area contributed by atoms with E-state index in [0.717, 1.165) is 5.82 Å². The fourth-order valence-electron chi connectivity index (χ4n) is 3.25. The molecule has 1 fully saturated rings. The summed E-state index contributed by atoms with van der Waals surface area (Å²) in [6.45, 7) is 6.57. The van der Waals surface area contributed by atoms with Crippen molar-refractivity contribution >= 4 is 0 Å². The van der Waals surface area contributed by atoms with Crippen molar-refractivity contribution < 1.29 is 0 Å². The number of nitrogens with one attached hydrogen (secondary N) is 1. The van der Waals surface area contributed by atoms with Crippen molar-refractivity contribution in [1.29, 1.82) is 0 Å². The van der Waals surface area contributed by atoms with Crippen molar-refractivity contribution in [2.45, 2.75) is 44.9 Å². The van der Waals surface area contributed by atoms with Gasteiger partial charge in [0.05, 0.1) is 11.4 Å². The van der Waals surface area contributed by atoms with E-state index in [2.05, 4.69) is 44.0 Å². The summed E-state index contributed by atoms with van der Waals surface area (Å²) in [5.41, 5.74) is 7.10. The molecule has 0 amide bonds. The van der Waals surface area contributed by atoms with E-state index in [1.807, 2.05) is 0 Å². The standard InChI is InChI=1S/C16H18N2/c1-9(2)15-17-13-11-5-4-10(3)8-12(11)16(6-7-16)14(13)18-15/h4-5,8-9H,6-7H2,1-3H3,(H,17,18). The molecule has 2 aliphatic rings. The van der Waals surface area contributed by atoms with E-state index in [9.17, 15) is 0 Å². The minimum atomic E-state index is 0.289. The van der Waals surface area contributed by atoms with E-state index in [1.165, 1.54) is 40.9 Å².